The highest BCUT2D eigenvalue weighted by molar-refractivity contribution is 5.22. The minimum absolute atomic E-state index is 0.621. The Morgan fingerprint density at radius 3 is 2.06 bits per heavy atom. The third kappa shape index (κ3) is 6.80. The Kier molecular flexibility index (Phi) is 7.75. The second-order valence-electron chi connectivity index (χ2n) is 5.49. The van der Waals surface area contributed by atoms with Gasteiger partial charge in [-0.3, -0.25) is 0 Å². The van der Waals surface area contributed by atoms with Crippen LogP contribution in [-0.2, 0) is 12.8 Å². The van der Waals surface area contributed by atoms with E-state index < -0.39 is 0 Å². The maximum atomic E-state index is 3.47. The van der Waals surface area contributed by atoms with Gasteiger partial charge >= 0.3 is 0 Å². The number of hydrogen-bond donors (Lipinski definition) is 1. The van der Waals surface area contributed by atoms with Gasteiger partial charge in [-0.05, 0) is 43.4 Å². The summed E-state index contributed by atoms with van der Waals surface area (Å²) in [6, 6.07) is 9.81. The third-order valence-electron chi connectivity index (χ3n) is 3.26. The van der Waals surface area contributed by atoms with E-state index in [1.807, 2.05) is 0 Å². The van der Waals surface area contributed by atoms with Gasteiger partial charge in [0.1, 0.15) is 0 Å². The summed E-state index contributed by atoms with van der Waals surface area (Å²) in [7, 11) is 0. The highest BCUT2D eigenvalue weighted by atomic mass is 14.9. The number of nitrogens with one attached hydrogen (secondary N) is 1. The average Bonchev–Trinajstić information content (AvgIpc) is 2.35. The first-order valence-corrected chi connectivity index (χ1v) is 7.53. The van der Waals surface area contributed by atoms with Crippen molar-refractivity contribution in [3.05, 3.63) is 35.4 Å². The Balaban J connectivity index is 2.11. The first kappa shape index (κ1) is 15.2. The van der Waals surface area contributed by atoms with Crippen LogP contribution < -0.4 is 5.32 Å². The molecule has 1 rings (SSSR count). The van der Waals surface area contributed by atoms with Gasteiger partial charge in [0, 0.05) is 6.04 Å². The van der Waals surface area contributed by atoms with Crippen LogP contribution in [0.15, 0.2) is 24.3 Å². The van der Waals surface area contributed by atoms with Crippen molar-refractivity contribution in [2.75, 3.05) is 6.54 Å². The molecule has 1 N–H and O–H groups in total. The highest BCUT2D eigenvalue weighted by Crippen LogP contribution is 2.10. The van der Waals surface area contributed by atoms with Gasteiger partial charge < -0.3 is 5.32 Å². The molecule has 18 heavy (non-hydrogen) atoms. The number of rotatable bonds is 9. The number of aryl methyl sites for hydroxylation is 2. The van der Waals surface area contributed by atoms with Crippen molar-refractivity contribution in [2.24, 2.45) is 0 Å². The molecule has 0 radical (unpaired) electrons. The molecule has 0 unspecified atom stereocenters. The van der Waals surface area contributed by atoms with Crippen LogP contribution in [0.5, 0.6) is 0 Å². The fourth-order valence-corrected chi connectivity index (χ4v) is 2.18. The summed E-state index contributed by atoms with van der Waals surface area (Å²) in [5, 5.41) is 3.47. The van der Waals surface area contributed by atoms with Crippen molar-refractivity contribution in [2.45, 2.75) is 65.3 Å². The van der Waals surface area contributed by atoms with Gasteiger partial charge in [-0.2, -0.15) is 0 Å². The molecule has 0 bridgehead atoms. The van der Waals surface area contributed by atoms with Crippen LogP contribution in [0.1, 0.15) is 57.6 Å². The molecule has 0 fully saturated rings. The molecule has 0 aliphatic rings. The van der Waals surface area contributed by atoms with Gasteiger partial charge in [0.05, 0.1) is 0 Å². The summed E-state index contributed by atoms with van der Waals surface area (Å²) in [5.41, 5.74) is 2.97. The molecule has 1 heteroatoms. The van der Waals surface area contributed by atoms with Gasteiger partial charge in [-0.25, -0.2) is 0 Å². The zero-order valence-corrected chi connectivity index (χ0v) is 12.3. The van der Waals surface area contributed by atoms with Crippen LogP contribution in [0.25, 0.3) is 0 Å². The fraction of sp³-hybridized carbons (Fsp3) is 0.647. The van der Waals surface area contributed by atoms with Gasteiger partial charge in [0.15, 0.2) is 0 Å². The van der Waals surface area contributed by atoms with Gasteiger partial charge in [-0.15, -0.1) is 0 Å². The van der Waals surface area contributed by atoms with Crippen LogP contribution in [0.4, 0.5) is 0 Å². The quantitative estimate of drug-likeness (QED) is 0.640. The van der Waals surface area contributed by atoms with E-state index in [4.69, 9.17) is 0 Å². The molecule has 0 spiro atoms. The van der Waals surface area contributed by atoms with Crippen LogP contribution in [0.2, 0.25) is 0 Å². The summed E-state index contributed by atoms with van der Waals surface area (Å²) >= 11 is 0. The molecule has 0 amide bonds. The minimum Gasteiger partial charge on any atom is -0.315 e. The fourth-order valence-electron chi connectivity index (χ4n) is 2.18. The smallest absolute Gasteiger partial charge is 0.00103 e. The standard InChI is InChI=1S/C17H29N/c1-4-8-16-10-12-17(13-11-16)9-6-5-7-14-18-15(2)3/h10-13,15,18H,4-9,14H2,1-3H3. The zero-order chi connectivity index (χ0) is 13.2. The number of benzene rings is 1. The summed E-state index contributed by atoms with van der Waals surface area (Å²) in [6.45, 7) is 7.81. The van der Waals surface area contributed by atoms with E-state index in [-0.39, 0.29) is 0 Å². The predicted octanol–water partition coefficient (Wildman–Crippen LogP) is 4.35. The second kappa shape index (κ2) is 9.16. The molecule has 1 aromatic rings. The Morgan fingerprint density at radius 1 is 0.889 bits per heavy atom. The lowest BCUT2D eigenvalue weighted by atomic mass is 10.0. The van der Waals surface area contributed by atoms with Crippen LogP contribution in [0.3, 0.4) is 0 Å². The average molecular weight is 247 g/mol. The van der Waals surface area contributed by atoms with E-state index in [2.05, 4.69) is 50.4 Å². The minimum atomic E-state index is 0.621. The van der Waals surface area contributed by atoms with Crippen LogP contribution >= 0.6 is 0 Å². The van der Waals surface area contributed by atoms with E-state index >= 15 is 0 Å². The van der Waals surface area contributed by atoms with Crippen molar-refractivity contribution in [1.29, 1.82) is 0 Å². The third-order valence-corrected chi connectivity index (χ3v) is 3.26. The molecule has 1 aromatic carbocycles. The topological polar surface area (TPSA) is 12.0 Å². The monoisotopic (exact) mass is 247 g/mol. The molecule has 1 nitrogen and oxygen atoms in total. The Bertz CT molecular complexity index is 300. The highest BCUT2D eigenvalue weighted by Gasteiger charge is 1.96. The van der Waals surface area contributed by atoms with Gasteiger partial charge in [0.25, 0.3) is 0 Å². The van der Waals surface area contributed by atoms with E-state index in [1.165, 1.54) is 49.7 Å². The normalized spacial score (nSPS) is 11.1. The van der Waals surface area contributed by atoms with Gasteiger partial charge in [-0.1, -0.05) is 57.9 Å². The van der Waals surface area contributed by atoms with E-state index in [9.17, 15) is 0 Å². The van der Waals surface area contributed by atoms with Crippen molar-refractivity contribution < 1.29 is 0 Å². The molecule has 0 aromatic heterocycles. The molecular formula is C17H29N. The molecule has 102 valence electrons. The lowest BCUT2D eigenvalue weighted by molar-refractivity contribution is 0.548. The first-order valence-electron chi connectivity index (χ1n) is 7.53. The molecule has 0 atom stereocenters. The van der Waals surface area contributed by atoms with E-state index in [0.717, 1.165) is 6.54 Å². The zero-order valence-electron chi connectivity index (χ0n) is 12.3. The lowest BCUT2D eigenvalue weighted by Crippen LogP contribution is -2.23. The maximum Gasteiger partial charge on any atom is 0.00103 e. The Morgan fingerprint density at radius 2 is 1.50 bits per heavy atom. The second-order valence-corrected chi connectivity index (χ2v) is 5.49. The maximum absolute atomic E-state index is 3.47. The lowest BCUT2D eigenvalue weighted by Gasteiger charge is -2.07. The van der Waals surface area contributed by atoms with E-state index in [0.29, 0.717) is 6.04 Å². The summed E-state index contributed by atoms with van der Waals surface area (Å²) in [6.07, 6.45) is 7.62. The summed E-state index contributed by atoms with van der Waals surface area (Å²) in [4.78, 5) is 0. The Labute approximate surface area is 113 Å². The van der Waals surface area contributed by atoms with Crippen molar-refractivity contribution >= 4 is 0 Å². The van der Waals surface area contributed by atoms with Crippen molar-refractivity contribution in [3.8, 4) is 0 Å². The van der Waals surface area contributed by atoms with Crippen molar-refractivity contribution in [3.63, 3.8) is 0 Å². The molecule has 0 saturated carbocycles. The van der Waals surface area contributed by atoms with Gasteiger partial charge in [0.2, 0.25) is 0 Å². The van der Waals surface area contributed by atoms with Crippen molar-refractivity contribution in [1.82, 2.24) is 5.32 Å². The molecule has 0 aliphatic carbocycles. The first-order chi connectivity index (χ1) is 8.72. The summed E-state index contributed by atoms with van der Waals surface area (Å²) in [5.74, 6) is 0. The van der Waals surface area contributed by atoms with Crippen LogP contribution in [0, 0.1) is 0 Å². The molecule has 0 heterocycles. The SMILES string of the molecule is CCCc1ccc(CCCCCNC(C)C)cc1. The summed E-state index contributed by atoms with van der Waals surface area (Å²) < 4.78 is 0. The largest absolute Gasteiger partial charge is 0.315 e. The molecule has 0 saturated heterocycles. The molecular weight excluding hydrogens is 218 g/mol. The number of unbranched alkanes of at least 4 members (excludes halogenated alkanes) is 2. The molecule has 0 aliphatic heterocycles. The number of hydrogen-bond acceptors (Lipinski definition) is 1. The van der Waals surface area contributed by atoms with Crippen LogP contribution in [-0.4, -0.2) is 12.6 Å². The Hall–Kier alpha value is -0.820. The predicted molar refractivity (Wildman–Crippen MR) is 81.1 cm³/mol. The van der Waals surface area contributed by atoms with E-state index in [1.54, 1.807) is 0 Å².